The molecule has 0 atom stereocenters. The van der Waals surface area contributed by atoms with Gasteiger partial charge in [0.2, 0.25) is 0 Å². The Hall–Kier alpha value is -2.17. The molecule has 10 heteroatoms. The first-order valence-electron chi connectivity index (χ1n) is 10.3. The quantitative estimate of drug-likeness (QED) is 0.350. The molecular weight excluding hydrogens is 459 g/mol. The molecule has 2 aromatic rings. The number of halogens is 3. The van der Waals surface area contributed by atoms with Crippen LogP contribution in [0.1, 0.15) is 30.6 Å². The van der Waals surface area contributed by atoms with E-state index in [0.717, 1.165) is 30.1 Å². The normalized spacial score (nSPS) is 15.8. The van der Waals surface area contributed by atoms with Crippen molar-refractivity contribution in [2.75, 3.05) is 19.3 Å². The van der Waals surface area contributed by atoms with E-state index in [0.29, 0.717) is 29.6 Å². The monoisotopic (exact) mass is 485 g/mol. The van der Waals surface area contributed by atoms with Crippen LogP contribution in [0.25, 0.3) is 16.1 Å². The van der Waals surface area contributed by atoms with Crippen LogP contribution in [0.2, 0.25) is 0 Å². The highest BCUT2D eigenvalue weighted by atomic mass is 32.2. The van der Waals surface area contributed by atoms with Gasteiger partial charge in [-0.25, -0.2) is 8.42 Å². The van der Waals surface area contributed by atoms with E-state index in [4.69, 9.17) is 5.41 Å². The Kier molecular flexibility index (Phi) is 7.79. The van der Waals surface area contributed by atoms with Crippen molar-refractivity contribution in [2.24, 2.45) is 0 Å². The summed E-state index contributed by atoms with van der Waals surface area (Å²) in [5, 5.41) is 13.8. The molecule has 1 aromatic carbocycles. The van der Waals surface area contributed by atoms with Gasteiger partial charge in [-0.05, 0) is 48.7 Å². The minimum atomic E-state index is -4.74. The Bertz CT molecular complexity index is 1090. The zero-order valence-corrected chi connectivity index (χ0v) is 19.3. The van der Waals surface area contributed by atoms with Crippen LogP contribution in [0.3, 0.4) is 0 Å². The van der Waals surface area contributed by atoms with Crippen LogP contribution >= 0.6 is 11.3 Å². The molecule has 0 unspecified atom stereocenters. The zero-order valence-electron chi connectivity index (χ0n) is 17.6. The van der Waals surface area contributed by atoms with Gasteiger partial charge in [0.25, 0.3) is 0 Å². The van der Waals surface area contributed by atoms with Crippen LogP contribution in [0, 0.1) is 5.41 Å². The van der Waals surface area contributed by atoms with Gasteiger partial charge in [-0.15, -0.1) is 11.3 Å². The third-order valence-corrected chi connectivity index (χ3v) is 7.52. The van der Waals surface area contributed by atoms with Gasteiger partial charge < -0.3 is 10.6 Å². The SMILES string of the molecule is CS(=O)(=O)c1cccc(-c2ccc(/C(=C/C(=N)C(F)(F)F)NCCNC3CCCC3)s2)c1. The Balaban J connectivity index is 1.79. The van der Waals surface area contributed by atoms with Gasteiger partial charge in [-0.3, -0.25) is 5.41 Å². The number of sulfone groups is 1. The second-order valence-corrected chi connectivity index (χ2v) is 10.9. The van der Waals surface area contributed by atoms with Gasteiger partial charge in [0.1, 0.15) is 5.71 Å². The molecule has 5 nitrogen and oxygen atoms in total. The van der Waals surface area contributed by atoms with E-state index in [2.05, 4.69) is 10.6 Å². The van der Waals surface area contributed by atoms with Crippen molar-refractivity contribution < 1.29 is 21.6 Å². The molecule has 0 bridgehead atoms. The summed E-state index contributed by atoms with van der Waals surface area (Å²) in [7, 11) is -3.38. The maximum Gasteiger partial charge on any atom is 0.432 e. The largest absolute Gasteiger partial charge is 0.432 e. The Morgan fingerprint density at radius 3 is 2.56 bits per heavy atom. The molecule has 3 rings (SSSR count). The number of hydrogen-bond donors (Lipinski definition) is 3. The summed E-state index contributed by atoms with van der Waals surface area (Å²) in [6, 6.07) is 10.3. The second kappa shape index (κ2) is 10.2. The van der Waals surface area contributed by atoms with E-state index in [1.807, 2.05) is 0 Å². The van der Waals surface area contributed by atoms with Crippen molar-refractivity contribution in [3.8, 4) is 10.4 Å². The topological polar surface area (TPSA) is 82.0 Å². The third kappa shape index (κ3) is 6.66. The fourth-order valence-corrected chi connectivity index (χ4v) is 5.22. The highest BCUT2D eigenvalue weighted by molar-refractivity contribution is 7.90. The molecule has 0 radical (unpaired) electrons. The molecule has 0 saturated heterocycles. The van der Waals surface area contributed by atoms with Gasteiger partial charge in [-0.2, -0.15) is 13.2 Å². The lowest BCUT2D eigenvalue weighted by atomic mass is 10.2. The van der Waals surface area contributed by atoms with Gasteiger partial charge in [0, 0.05) is 30.3 Å². The smallest absolute Gasteiger partial charge is 0.383 e. The maximum atomic E-state index is 13.0. The van der Waals surface area contributed by atoms with Crippen molar-refractivity contribution in [3.63, 3.8) is 0 Å². The van der Waals surface area contributed by atoms with E-state index in [1.54, 1.807) is 30.3 Å². The third-order valence-electron chi connectivity index (χ3n) is 5.24. The summed E-state index contributed by atoms with van der Waals surface area (Å²) in [5.74, 6) is 0. The average Bonchev–Trinajstić information content (AvgIpc) is 3.41. The van der Waals surface area contributed by atoms with Crippen LogP contribution in [0.4, 0.5) is 13.2 Å². The van der Waals surface area contributed by atoms with Crippen LogP contribution < -0.4 is 10.6 Å². The second-order valence-electron chi connectivity index (χ2n) is 7.80. The first kappa shape index (κ1) is 24.5. The van der Waals surface area contributed by atoms with Gasteiger partial charge in [0.05, 0.1) is 15.5 Å². The minimum absolute atomic E-state index is 0.177. The van der Waals surface area contributed by atoms with E-state index in [-0.39, 0.29) is 10.6 Å². The molecule has 1 aliphatic carbocycles. The lowest BCUT2D eigenvalue weighted by molar-refractivity contribution is -0.0584. The molecule has 1 saturated carbocycles. The Morgan fingerprint density at radius 1 is 1.19 bits per heavy atom. The molecule has 1 heterocycles. The molecule has 1 fully saturated rings. The summed E-state index contributed by atoms with van der Waals surface area (Å²) in [5.41, 5.74) is -0.550. The zero-order chi connectivity index (χ0) is 23.4. The standard InChI is InChI=1S/C22H26F3N3O2S2/c1-32(29,30)17-8-4-5-15(13-17)19-9-10-20(31-19)18(14-21(26)22(23,24)25)28-12-11-27-16-6-2-3-7-16/h4-5,8-10,13-14,16,26-28H,2-3,6-7,11-12H2,1H3/b18-14-,26-21?. The highest BCUT2D eigenvalue weighted by Gasteiger charge is 2.33. The number of hydrogen-bond acceptors (Lipinski definition) is 6. The lowest BCUT2D eigenvalue weighted by Crippen LogP contribution is -2.33. The van der Waals surface area contributed by atoms with E-state index >= 15 is 0 Å². The summed E-state index contributed by atoms with van der Waals surface area (Å²) in [4.78, 5) is 1.44. The van der Waals surface area contributed by atoms with Crippen molar-refractivity contribution in [1.82, 2.24) is 10.6 Å². The van der Waals surface area contributed by atoms with E-state index < -0.39 is 21.7 Å². The van der Waals surface area contributed by atoms with Crippen molar-refractivity contribution in [2.45, 2.75) is 42.8 Å². The summed E-state index contributed by atoms with van der Waals surface area (Å²) >= 11 is 1.24. The predicted molar refractivity (Wildman–Crippen MR) is 123 cm³/mol. The van der Waals surface area contributed by atoms with Gasteiger partial charge >= 0.3 is 6.18 Å². The van der Waals surface area contributed by atoms with Crippen molar-refractivity contribution >= 4 is 32.6 Å². The summed E-state index contributed by atoms with van der Waals surface area (Å²) in [6.45, 7) is 1.03. The number of alkyl halides is 3. The van der Waals surface area contributed by atoms with Crippen LogP contribution in [-0.4, -0.2) is 45.7 Å². The average molecular weight is 486 g/mol. The summed E-state index contributed by atoms with van der Waals surface area (Å²) < 4.78 is 62.6. The Morgan fingerprint density at radius 2 is 1.91 bits per heavy atom. The van der Waals surface area contributed by atoms with Crippen LogP contribution in [-0.2, 0) is 9.84 Å². The molecule has 3 N–H and O–H groups in total. The Labute approximate surface area is 190 Å². The number of benzene rings is 1. The molecule has 1 aliphatic rings. The molecule has 32 heavy (non-hydrogen) atoms. The number of allylic oxidation sites excluding steroid dienone is 1. The van der Waals surface area contributed by atoms with E-state index in [9.17, 15) is 21.6 Å². The lowest BCUT2D eigenvalue weighted by Gasteiger charge is -2.15. The van der Waals surface area contributed by atoms with E-state index in [1.165, 1.54) is 30.2 Å². The maximum absolute atomic E-state index is 13.0. The highest BCUT2D eigenvalue weighted by Crippen LogP contribution is 2.33. The van der Waals surface area contributed by atoms with Crippen molar-refractivity contribution in [3.05, 3.63) is 47.4 Å². The molecular formula is C22H26F3N3O2S2. The van der Waals surface area contributed by atoms with Gasteiger partial charge in [-0.1, -0.05) is 25.0 Å². The van der Waals surface area contributed by atoms with Crippen LogP contribution in [0.15, 0.2) is 47.4 Å². The predicted octanol–water partition coefficient (Wildman–Crippen LogP) is 4.86. The summed E-state index contributed by atoms with van der Waals surface area (Å²) in [6.07, 6.45) is 1.80. The fourth-order valence-electron chi connectivity index (χ4n) is 3.56. The number of rotatable bonds is 9. The van der Waals surface area contributed by atoms with Gasteiger partial charge in [0.15, 0.2) is 9.84 Å². The molecule has 0 aliphatic heterocycles. The number of nitrogens with one attached hydrogen (secondary N) is 3. The molecule has 1 aromatic heterocycles. The molecule has 0 spiro atoms. The first-order valence-corrected chi connectivity index (χ1v) is 13.0. The molecule has 0 amide bonds. The first-order chi connectivity index (χ1) is 15.0. The molecule has 174 valence electrons. The number of thiophene rings is 1. The van der Waals surface area contributed by atoms with Crippen molar-refractivity contribution in [1.29, 1.82) is 5.41 Å². The van der Waals surface area contributed by atoms with Crippen LogP contribution in [0.5, 0.6) is 0 Å². The fraction of sp³-hybridized carbons (Fsp3) is 0.409. The minimum Gasteiger partial charge on any atom is -0.383 e.